The maximum Gasteiger partial charge on any atom is 0.308 e. The number of rotatable bonds is 5. The summed E-state index contributed by atoms with van der Waals surface area (Å²) in [5.74, 6) is 1.12. The fraction of sp³-hybridized carbons (Fsp3) is 0.286. The van der Waals surface area contributed by atoms with Crippen LogP contribution in [0.3, 0.4) is 0 Å². The number of hydrogen-bond acceptors (Lipinski definition) is 6. The standard InChI is InChI=1S/C21H22O6/c1-13(24)27-21-17(19-10-16(25-2)5-4-15(19)12-23)7-8-26-20-9-14(11-22)3-6-18(20)21/h3-6,9-10,22-23H,7-8,11-12H2,1-2H3. The van der Waals surface area contributed by atoms with Gasteiger partial charge in [0.25, 0.3) is 0 Å². The molecule has 2 aromatic rings. The van der Waals surface area contributed by atoms with Crippen LogP contribution >= 0.6 is 0 Å². The van der Waals surface area contributed by atoms with Crippen molar-refractivity contribution in [3.8, 4) is 11.5 Å². The predicted octanol–water partition coefficient (Wildman–Crippen LogP) is 2.89. The Balaban J connectivity index is 2.25. The van der Waals surface area contributed by atoms with Crippen LogP contribution in [0.1, 0.15) is 35.6 Å². The summed E-state index contributed by atoms with van der Waals surface area (Å²) >= 11 is 0. The molecule has 1 aliphatic rings. The fourth-order valence-electron chi connectivity index (χ4n) is 3.13. The first-order chi connectivity index (χ1) is 13.1. The Labute approximate surface area is 157 Å². The zero-order chi connectivity index (χ0) is 19.4. The molecule has 0 amide bonds. The molecule has 0 spiro atoms. The number of carbonyl (C=O) groups excluding carboxylic acids is 1. The summed E-state index contributed by atoms with van der Waals surface area (Å²) in [5, 5.41) is 19.2. The Morgan fingerprint density at radius 1 is 1.11 bits per heavy atom. The average Bonchev–Trinajstić information content (AvgIpc) is 2.86. The molecule has 0 saturated heterocycles. The van der Waals surface area contributed by atoms with Crippen molar-refractivity contribution in [1.82, 2.24) is 0 Å². The second-order valence-electron chi connectivity index (χ2n) is 6.17. The van der Waals surface area contributed by atoms with Crippen molar-refractivity contribution in [1.29, 1.82) is 0 Å². The van der Waals surface area contributed by atoms with Crippen LogP contribution in [0.4, 0.5) is 0 Å². The summed E-state index contributed by atoms with van der Waals surface area (Å²) in [6.07, 6.45) is 0.478. The molecule has 0 bridgehead atoms. The fourth-order valence-corrected chi connectivity index (χ4v) is 3.13. The zero-order valence-corrected chi connectivity index (χ0v) is 15.3. The van der Waals surface area contributed by atoms with E-state index in [1.165, 1.54) is 6.92 Å². The lowest BCUT2D eigenvalue weighted by Gasteiger charge is -2.17. The monoisotopic (exact) mass is 370 g/mol. The van der Waals surface area contributed by atoms with Gasteiger partial charge in [-0.1, -0.05) is 12.1 Å². The molecule has 0 aromatic heterocycles. The van der Waals surface area contributed by atoms with E-state index in [4.69, 9.17) is 14.2 Å². The molecule has 0 saturated carbocycles. The summed E-state index contributed by atoms with van der Waals surface area (Å²) < 4.78 is 16.8. The topological polar surface area (TPSA) is 85.2 Å². The van der Waals surface area contributed by atoms with Gasteiger partial charge in [0.1, 0.15) is 17.3 Å². The van der Waals surface area contributed by atoms with Gasteiger partial charge < -0.3 is 24.4 Å². The largest absolute Gasteiger partial charge is 0.497 e. The molecule has 0 radical (unpaired) electrons. The molecule has 3 rings (SSSR count). The van der Waals surface area contributed by atoms with Gasteiger partial charge in [-0.2, -0.15) is 0 Å². The Morgan fingerprint density at radius 3 is 2.59 bits per heavy atom. The molecule has 2 N–H and O–H groups in total. The van der Waals surface area contributed by atoms with Crippen LogP contribution in [0, 0.1) is 0 Å². The van der Waals surface area contributed by atoms with Crippen LogP contribution in [0.15, 0.2) is 36.4 Å². The van der Waals surface area contributed by atoms with E-state index >= 15 is 0 Å². The van der Waals surface area contributed by atoms with E-state index in [-0.39, 0.29) is 13.2 Å². The van der Waals surface area contributed by atoms with E-state index in [2.05, 4.69) is 0 Å². The molecule has 142 valence electrons. The van der Waals surface area contributed by atoms with Gasteiger partial charge in [-0.3, -0.25) is 4.79 Å². The van der Waals surface area contributed by atoms with Gasteiger partial charge in [-0.15, -0.1) is 0 Å². The molecule has 0 atom stereocenters. The molecular weight excluding hydrogens is 348 g/mol. The van der Waals surface area contributed by atoms with E-state index in [9.17, 15) is 15.0 Å². The zero-order valence-electron chi connectivity index (χ0n) is 15.3. The Morgan fingerprint density at radius 2 is 1.93 bits per heavy atom. The molecule has 0 aliphatic carbocycles. The van der Waals surface area contributed by atoms with Crippen LogP contribution in [0.5, 0.6) is 11.5 Å². The van der Waals surface area contributed by atoms with Crippen molar-refractivity contribution < 1.29 is 29.2 Å². The molecule has 2 aromatic carbocycles. The van der Waals surface area contributed by atoms with E-state index in [0.717, 1.165) is 11.1 Å². The van der Waals surface area contributed by atoms with Gasteiger partial charge >= 0.3 is 5.97 Å². The van der Waals surface area contributed by atoms with Crippen LogP contribution in [0.25, 0.3) is 11.3 Å². The van der Waals surface area contributed by atoms with Crippen molar-refractivity contribution in [2.75, 3.05) is 13.7 Å². The van der Waals surface area contributed by atoms with Gasteiger partial charge in [0, 0.05) is 18.9 Å². The lowest BCUT2D eigenvalue weighted by molar-refractivity contribution is -0.134. The SMILES string of the molecule is COc1ccc(CO)c(C2=C(OC(C)=O)c3ccc(CO)cc3OCC2)c1. The number of carbonyl (C=O) groups is 1. The second-order valence-corrected chi connectivity index (χ2v) is 6.17. The Kier molecular flexibility index (Phi) is 5.78. The summed E-state index contributed by atoms with van der Waals surface area (Å²) in [7, 11) is 1.57. The normalized spacial score (nSPS) is 13.5. The average molecular weight is 370 g/mol. The number of hydrogen-bond donors (Lipinski definition) is 2. The number of methoxy groups -OCH3 is 1. The Hall–Kier alpha value is -2.83. The van der Waals surface area contributed by atoms with Crippen LogP contribution in [0.2, 0.25) is 0 Å². The predicted molar refractivity (Wildman–Crippen MR) is 100.0 cm³/mol. The van der Waals surface area contributed by atoms with E-state index in [1.54, 1.807) is 37.4 Å². The number of aliphatic hydroxyl groups excluding tert-OH is 2. The molecule has 0 fully saturated rings. The number of fused-ring (bicyclic) bond motifs is 1. The highest BCUT2D eigenvalue weighted by Gasteiger charge is 2.24. The minimum Gasteiger partial charge on any atom is -0.497 e. The first-order valence-corrected chi connectivity index (χ1v) is 8.64. The number of aliphatic hydroxyl groups is 2. The van der Waals surface area contributed by atoms with Crippen molar-refractivity contribution in [3.63, 3.8) is 0 Å². The third kappa shape index (κ3) is 3.97. The van der Waals surface area contributed by atoms with Gasteiger partial charge in [0.05, 0.1) is 32.5 Å². The minimum absolute atomic E-state index is 0.110. The van der Waals surface area contributed by atoms with Crippen molar-refractivity contribution in [3.05, 3.63) is 58.7 Å². The number of ether oxygens (including phenoxy) is 3. The third-order valence-electron chi connectivity index (χ3n) is 4.42. The molecule has 6 nitrogen and oxygen atoms in total. The van der Waals surface area contributed by atoms with Crippen molar-refractivity contribution in [2.24, 2.45) is 0 Å². The number of benzene rings is 2. The summed E-state index contributed by atoms with van der Waals surface area (Å²) in [5.41, 5.74) is 3.53. The van der Waals surface area contributed by atoms with Gasteiger partial charge in [0.15, 0.2) is 0 Å². The number of esters is 1. The molecular formula is C21H22O6. The van der Waals surface area contributed by atoms with Gasteiger partial charge in [0.2, 0.25) is 0 Å². The lowest BCUT2D eigenvalue weighted by Crippen LogP contribution is -2.04. The molecule has 0 unspecified atom stereocenters. The van der Waals surface area contributed by atoms with Crippen LogP contribution in [-0.2, 0) is 22.7 Å². The highest BCUT2D eigenvalue weighted by atomic mass is 16.5. The minimum atomic E-state index is -0.449. The molecule has 1 heterocycles. The summed E-state index contributed by atoms with van der Waals surface area (Å²) in [4.78, 5) is 11.8. The van der Waals surface area contributed by atoms with Gasteiger partial charge in [-0.05, 0) is 41.0 Å². The maximum absolute atomic E-state index is 11.8. The summed E-state index contributed by atoms with van der Waals surface area (Å²) in [6, 6.07) is 10.6. The Bertz CT molecular complexity index is 884. The first-order valence-electron chi connectivity index (χ1n) is 8.64. The van der Waals surface area contributed by atoms with Crippen LogP contribution in [-0.4, -0.2) is 29.9 Å². The molecule has 27 heavy (non-hydrogen) atoms. The lowest BCUT2D eigenvalue weighted by atomic mass is 9.94. The summed E-state index contributed by atoms with van der Waals surface area (Å²) in [6.45, 7) is 1.44. The second kappa shape index (κ2) is 8.24. The highest BCUT2D eigenvalue weighted by molar-refractivity contribution is 5.94. The van der Waals surface area contributed by atoms with Gasteiger partial charge in [-0.25, -0.2) is 0 Å². The quantitative estimate of drug-likeness (QED) is 0.788. The smallest absolute Gasteiger partial charge is 0.308 e. The van der Waals surface area contributed by atoms with Crippen molar-refractivity contribution >= 4 is 17.3 Å². The molecule has 1 aliphatic heterocycles. The van der Waals surface area contributed by atoms with E-state index in [0.29, 0.717) is 47.0 Å². The van der Waals surface area contributed by atoms with Crippen LogP contribution < -0.4 is 9.47 Å². The maximum atomic E-state index is 11.8. The van der Waals surface area contributed by atoms with E-state index in [1.807, 2.05) is 6.07 Å². The molecule has 6 heteroatoms. The third-order valence-corrected chi connectivity index (χ3v) is 4.42. The van der Waals surface area contributed by atoms with Crippen molar-refractivity contribution in [2.45, 2.75) is 26.6 Å². The first kappa shape index (κ1) is 18.9. The van der Waals surface area contributed by atoms with E-state index < -0.39 is 5.97 Å². The highest BCUT2D eigenvalue weighted by Crippen LogP contribution is 2.40.